The molecule has 0 heterocycles. The highest BCUT2D eigenvalue weighted by atomic mass is 35.5. The maximum Gasteiger partial charge on any atom is 0.303 e. The Bertz CT molecular complexity index is 548. The number of hydrogen-bond donors (Lipinski definition) is 1. The molecule has 0 amide bonds. The van der Waals surface area contributed by atoms with E-state index in [1.54, 1.807) is 6.07 Å². The quantitative estimate of drug-likeness (QED) is 0.313. The lowest BCUT2D eigenvalue weighted by Crippen LogP contribution is -1.99. The largest absolute Gasteiger partial charge is 0.481 e. The molecular formula is C14H17Cl2NO5. The molecule has 0 radical (unpaired) electrons. The molecule has 0 saturated heterocycles. The molecule has 0 aliphatic rings. The highest BCUT2D eigenvalue weighted by molar-refractivity contribution is 6.34. The summed E-state index contributed by atoms with van der Waals surface area (Å²) in [4.78, 5) is 31.4. The van der Waals surface area contributed by atoms with Crippen LogP contribution in [0.1, 0.15) is 48.0 Å². The summed E-state index contributed by atoms with van der Waals surface area (Å²) in [7, 11) is 0. The number of carbonyl (C=O) groups is 2. The summed E-state index contributed by atoms with van der Waals surface area (Å²) in [5, 5.41) is 19.4. The number of nitrogens with zero attached hydrogens (tertiary/aromatic N) is 1. The van der Waals surface area contributed by atoms with Gasteiger partial charge >= 0.3 is 5.97 Å². The molecule has 1 aromatic carbocycles. The van der Waals surface area contributed by atoms with Gasteiger partial charge in [-0.2, -0.15) is 0 Å². The van der Waals surface area contributed by atoms with Crippen LogP contribution in [0.4, 0.5) is 5.69 Å². The van der Waals surface area contributed by atoms with E-state index in [1.807, 2.05) is 0 Å². The Morgan fingerprint density at radius 2 is 1.91 bits per heavy atom. The summed E-state index contributed by atoms with van der Waals surface area (Å²) >= 11 is 6.03. The summed E-state index contributed by atoms with van der Waals surface area (Å²) in [6.45, 7) is 0. The van der Waals surface area contributed by atoms with E-state index in [0.29, 0.717) is 24.7 Å². The number of carbonyl (C=O) groups excluding carboxylic acids is 1. The van der Waals surface area contributed by atoms with E-state index in [4.69, 9.17) is 16.7 Å². The van der Waals surface area contributed by atoms with Gasteiger partial charge in [0.2, 0.25) is 0 Å². The lowest BCUT2D eigenvalue weighted by Gasteiger charge is -2.06. The molecule has 0 unspecified atom stereocenters. The summed E-state index contributed by atoms with van der Waals surface area (Å²) in [5.41, 5.74) is 0.313. The number of aryl methyl sites for hydroxylation is 1. The van der Waals surface area contributed by atoms with Gasteiger partial charge in [0.1, 0.15) is 5.56 Å². The minimum Gasteiger partial charge on any atom is -0.481 e. The molecule has 0 aliphatic heterocycles. The van der Waals surface area contributed by atoms with Gasteiger partial charge in [0.25, 0.3) is 5.69 Å². The fourth-order valence-corrected chi connectivity index (χ4v) is 2.34. The minimum absolute atomic E-state index is 0. The standard InChI is InChI=1S/C14H16ClNO5.ClH/c15-14-10(5-3-1-2-4-6-13(18)19)7-8-12(16(20)21)11(14)9-17;/h7-9H,1-6H2,(H,18,19);1H. The van der Waals surface area contributed by atoms with Gasteiger partial charge < -0.3 is 5.11 Å². The first-order valence-electron chi connectivity index (χ1n) is 6.60. The van der Waals surface area contributed by atoms with Crippen molar-refractivity contribution >= 4 is 42.0 Å². The molecule has 0 aromatic heterocycles. The Hall–Kier alpha value is -1.66. The fraction of sp³-hybridized carbons (Fsp3) is 0.429. The SMILES string of the molecule is Cl.O=Cc1c([N+](=O)[O-])ccc(CCCCCCC(=O)O)c1Cl. The molecule has 0 spiro atoms. The smallest absolute Gasteiger partial charge is 0.303 e. The maximum atomic E-state index is 10.9. The van der Waals surface area contributed by atoms with Crippen molar-refractivity contribution in [1.82, 2.24) is 0 Å². The van der Waals surface area contributed by atoms with Crippen molar-refractivity contribution in [3.63, 3.8) is 0 Å². The van der Waals surface area contributed by atoms with Gasteiger partial charge in [-0.15, -0.1) is 12.4 Å². The summed E-state index contributed by atoms with van der Waals surface area (Å²) in [6, 6.07) is 2.85. The van der Waals surface area contributed by atoms with Crippen molar-refractivity contribution in [2.45, 2.75) is 38.5 Å². The molecule has 0 saturated carbocycles. The van der Waals surface area contributed by atoms with Crippen LogP contribution < -0.4 is 0 Å². The lowest BCUT2D eigenvalue weighted by molar-refractivity contribution is -0.385. The average molecular weight is 350 g/mol. The number of nitro benzene ring substituents is 1. The first-order chi connectivity index (χ1) is 9.97. The normalized spacial score (nSPS) is 9.86. The van der Waals surface area contributed by atoms with Crippen LogP contribution in [0.3, 0.4) is 0 Å². The Labute approximate surface area is 139 Å². The van der Waals surface area contributed by atoms with Crippen LogP contribution in [-0.4, -0.2) is 22.3 Å². The summed E-state index contributed by atoms with van der Waals surface area (Å²) in [5.74, 6) is -0.802. The van der Waals surface area contributed by atoms with Crippen LogP contribution in [0.5, 0.6) is 0 Å². The molecule has 1 aromatic rings. The molecule has 22 heavy (non-hydrogen) atoms. The summed E-state index contributed by atoms with van der Waals surface area (Å²) in [6.07, 6.45) is 4.22. The molecule has 8 heteroatoms. The summed E-state index contributed by atoms with van der Waals surface area (Å²) < 4.78 is 0. The first-order valence-corrected chi connectivity index (χ1v) is 6.98. The number of carboxylic acid groups (broad SMARTS) is 1. The molecule has 0 fully saturated rings. The first kappa shape index (κ1) is 20.3. The van der Waals surface area contributed by atoms with Crippen LogP contribution in [-0.2, 0) is 11.2 Å². The van der Waals surface area contributed by atoms with E-state index in [-0.39, 0.29) is 35.1 Å². The second-order valence-electron chi connectivity index (χ2n) is 4.65. The zero-order valence-electron chi connectivity index (χ0n) is 11.8. The van der Waals surface area contributed by atoms with Gasteiger partial charge in [0.15, 0.2) is 6.29 Å². The van der Waals surface area contributed by atoms with E-state index >= 15 is 0 Å². The fourth-order valence-electron chi connectivity index (χ4n) is 2.04. The van der Waals surface area contributed by atoms with Gasteiger partial charge in [0, 0.05) is 12.5 Å². The van der Waals surface area contributed by atoms with Gasteiger partial charge in [-0.25, -0.2) is 0 Å². The topological polar surface area (TPSA) is 97.5 Å². The predicted octanol–water partition coefficient (Wildman–Crippen LogP) is 4.06. The van der Waals surface area contributed by atoms with Crippen LogP contribution in [0, 0.1) is 10.1 Å². The Morgan fingerprint density at radius 1 is 1.27 bits per heavy atom. The second-order valence-corrected chi connectivity index (χ2v) is 5.03. The van der Waals surface area contributed by atoms with E-state index < -0.39 is 10.9 Å². The monoisotopic (exact) mass is 349 g/mol. The molecular weight excluding hydrogens is 333 g/mol. The molecule has 0 bridgehead atoms. The van der Waals surface area contributed by atoms with Crippen molar-refractivity contribution in [1.29, 1.82) is 0 Å². The minimum atomic E-state index is -0.802. The van der Waals surface area contributed by atoms with E-state index in [9.17, 15) is 19.7 Å². The molecule has 0 aliphatic carbocycles. The van der Waals surface area contributed by atoms with Crippen LogP contribution in [0.25, 0.3) is 0 Å². The Kier molecular flexibility index (Phi) is 9.37. The van der Waals surface area contributed by atoms with Crippen LogP contribution in [0.15, 0.2) is 12.1 Å². The molecule has 0 atom stereocenters. The number of aldehydes is 1. The van der Waals surface area contributed by atoms with Gasteiger partial charge in [0.05, 0.1) is 9.95 Å². The van der Waals surface area contributed by atoms with Crippen molar-refractivity contribution in [3.05, 3.63) is 38.4 Å². The maximum absolute atomic E-state index is 10.9. The highest BCUT2D eigenvalue weighted by Gasteiger charge is 2.18. The third kappa shape index (κ3) is 5.99. The van der Waals surface area contributed by atoms with E-state index in [2.05, 4.69) is 0 Å². The van der Waals surface area contributed by atoms with Crippen molar-refractivity contribution in [2.75, 3.05) is 0 Å². The van der Waals surface area contributed by atoms with Crippen LogP contribution >= 0.6 is 24.0 Å². The number of rotatable bonds is 9. The number of hydrogen-bond acceptors (Lipinski definition) is 4. The number of unbranched alkanes of at least 4 members (excludes halogenated alkanes) is 3. The Balaban J connectivity index is 0.00000441. The van der Waals surface area contributed by atoms with Gasteiger partial charge in [-0.05, 0) is 24.8 Å². The molecule has 1 N–H and O–H groups in total. The molecule has 6 nitrogen and oxygen atoms in total. The number of nitro groups is 1. The number of aliphatic carboxylic acids is 1. The van der Waals surface area contributed by atoms with E-state index in [0.717, 1.165) is 19.3 Å². The predicted molar refractivity (Wildman–Crippen MR) is 85.2 cm³/mol. The third-order valence-electron chi connectivity index (χ3n) is 3.14. The van der Waals surface area contributed by atoms with Crippen LogP contribution in [0.2, 0.25) is 5.02 Å². The zero-order chi connectivity index (χ0) is 15.8. The van der Waals surface area contributed by atoms with Crippen molar-refractivity contribution in [3.8, 4) is 0 Å². The molecule has 122 valence electrons. The van der Waals surface area contributed by atoms with Gasteiger partial charge in [-0.3, -0.25) is 19.7 Å². The lowest BCUT2D eigenvalue weighted by atomic mass is 10.0. The third-order valence-corrected chi connectivity index (χ3v) is 3.58. The van der Waals surface area contributed by atoms with Crippen molar-refractivity contribution in [2.24, 2.45) is 0 Å². The highest BCUT2D eigenvalue weighted by Crippen LogP contribution is 2.29. The number of halogens is 2. The van der Waals surface area contributed by atoms with Gasteiger partial charge in [-0.1, -0.05) is 30.5 Å². The van der Waals surface area contributed by atoms with Crippen molar-refractivity contribution < 1.29 is 19.6 Å². The zero-order valence-corrected chi connectivity index (χ0v) is 13.4. The number of benzene rings is 1. The Morgan fingerprint density at radius 3 is 2.45 bits per heavy atom. The average Bonchev–Trinajstić information content (AvgIpc) is 2.43. The second kappa shape index (κ2) is 10.1. The number of carboxylic acids is 1. The molecule has 1 rings (SSSR count). The van der Waals surface area contributed by atoms with E-state index in [1.165, 1.54) is 6.07 Å².